The first kappa shape index (κ1) is 14.6. The van der Waals surface area contributed by atoms with Gasteiger partial charge in [-0.3, -0.25) is 9.59 Å². The number of carbonyl (C=O) groups is 2. The number of hydrogen-bond acceptors (Lipinski definition) is 2. The molecule has 1 aliphatic rings. The number of benzene rings is 1. The Labute approximate surface area is 120 Å². The van der Waals surface area contributed by atoms with Gasteiger partial charge in [0.25, 0.3) is 0 Å². The highest BCUT2D eigenvalue weighted by Gasteiger charge is 2.22. The fraction of sp³-hybridized carbons (Fsp3) is 0.500. The fourth-order valence-corrected chi connectivity index (χ4v) is 2.55. The normalized spacial score (nSPS) is 16.0. The van der Waals surface area contributed by atoms with E-state index >= 15 is 0 Å². The van der Waals surface area contributed by atoms with Gasteiger partial charge in [0.15, 0.2) is 0 Å². The van der Waals surface area contributed by atoms with Crippen LogP contribution in [0.3, 0.4) is 0 Å². The molecule has 1 saturated heterocycles. The molecule has 108 valence electrons. The molecule has 20 heavy (non-hydrogen) atoms. The summed E-state index contributed by atoms with van der Waals surface area (Å²) in [4.78, 5) is 25.1. The predicted molar refractivity (Wildman–Crippen MR) is 78.3 cm³/mol. The minimum absolute atomic E-state index is 0.00873. The highest BCUT2D eigenvalue weighted by Crippen LogP contribution is 2.13. The van der Waals surface area contributed by atoms with Gasteiger partial charge in [-0.05, 0) is 25.3 Å². The molecule has 0 atom stereocenters. The Balaban J connectivity index is 1.82. The summed E-state index contributed by atoms with van der Waals surface area (Å²) in [5.41, 5.74) is 2.27. The van der Waals surface area contributed by atoms with Crippen LogP contribution < -0.4 is 5.32 Å². The molecule has 1 fully saturated rings. The van der Waals surface area contributed by atoms with Crippen molar-refractivity contribution < 1.29 is 9.59 Å². The zero-order valence-corrected chi connectivity index (χ0v) is 12.2. The summed E-state index contributed by atoms with van der Waals surface area (Å²) in [6.07, 6.45) is 2.16. The van der Waals surface area contributed by atoms with Crippen LogP contribution in [0.15, 0.2) is 24.3 Å². The van der Waals surface area contributed by atoms with Gasteiger partial charge in [0.05, 0.1) is 6.42 Å². The van der Waals surface area contributed by atoms with Crippen LogP contribution in [0.4, 0.5) is 0 Å². The minimum Gasteiger partial charge on any atom is -0.353 e. The van der Waals surface area contributed by atoms with Crippen LogP contribution in [0, 0.1) is 6.92 Å². The molecule has 1 aromatic rings. The highest BCUT2D eigenvalue weighted by molar-refractivity contribution is 5.79. The van der Waals surface area contributed by atoms with Gasteiger partial charge in [0, 0.05) is 26.1 Å². The van der Waals surface area contributed by atoms with Crippen LogP contribution >= 0.6 is 0 Å². The van der Waals surface area contributed by atoms with E-state index in [1.807, 2.05) is 36.1 Å². The third-order valence-corrected chi connectivity index (χ3v) is 3.73. The standard InChI is InChI=1S/C16H22N2O2/c1-12-3-5-14(6-4-12)11-16(20)18-9-7-15(8-10-18)17-13(2)19/h3-6,15H,7-11H2,1-2H3,(H,17,19). The Morgan fingerprint density at radius 3 is 2.35 bits per heavy atom. The van der Waals surface area contributed by atoms with E-state index in [0.717, 1.165) is 31.5 Å². The van der Waals surface area contributed by atoms with E-state index in [2.05, 4.69) is 5.32 Å². The Kier molecular flexibility index (Phi) is 4.77. The summed E-state index contributed by atoms with van der Waals surface area (Å²) < 4.78 is 0. The maximum atomic E-state index is 12.2. The number of likely N-dealkylation sites (tertiary alicyclic amines) is 1. The van der Waals surface area contributed by atoms with E-state index in [-0.39, 0.29) is 17.9 Å². The average molecular weight is 274 g/mol. The Hall–Kier alpha value is -1.84. The minimum atomic E-state index is 0.00873. The molecule has 4 nitrogen and oxygen atoms in total. The molecule has 0 saturated carbocycles. The number of nitrogens with one attached hydrogen (secondary N) is 1. The fourth-order valence-electron chi connectivity index (χ4n) is 2.55. The van der Waals surface area contributed by atoms with Gasteiger partial charge in [-0.1, -0.05) is 29.8 Å². The molecular formula is C16H22N2O2. The van der Waals surface area contributed by atoms with Crippen molar-refractivity contribution >= 4 is 11.8 Å². The first-order valence-electron chi connectivity index (χ1n) is 7.15. The van der Waals surface area contributed by atoms with Crippen molar-refractivity contribution in [3.8, 4) is 0 Å². The molecule has 0 radical (unpaired) electrons. The van der Waals surface area contributed by atoms with E-state index in [4.69, 9.17) is 0 Å². The maximum absolute atomic E-state index is 12.2. The zero-order chi connectivity index (χ0) is 14.5. The van der Waals surface area contributed by atoms with Crippen molar-refractivity contribution in [1.82, 2.24) is 10.2 Å². The van der Waals surface area contributed by atoms with Crippen LogP contribution in [-0.2, 0) is 16.0 Å². The summed E-state index contributed by atoms with van der Waals surface area (Å²) in [5, 5.41) is 2.92. The first-order chi connectivity index (χ1) is 9.54. The number of piperidine rings is 1. The van der Waals surface area contributed by atoms with Gasteiger partial charge in [-0.25, -0.2) is 0 Å². The number of amides is 2. The second kappa shape index (κ2) is 6.55. The summed E-state index contributed by atoms with van der Waals surface area (Å²) >= 11 is 0. The molecular weight excluding hydrogens is 252 g/mol. The molecule has 1 aromatic carbocycles. The molecule has 4 heteroatoms. The molecule has 1 heterocycles. The molecule has 0 spiro atoms. The van der Waals surface area contributed by atoms with Crippen LogP contribution in [0.1, 0.15) is 30.9 Å². The van der Waals surface area contributed by atoms with Crippen molar-refractivity contribution in [2.75, 3.05) is 13.1 Å². The molecule has 2 amide bonds. The average Bonchev–Trinajstić information content (AvgIpc) is 2.41. The number of rotatable bonds is 3. The third kappa shape index (κ3) is 4.08. The Bertz CT molecular complexity index is 474. The van der Waals surface area contributed by atoms with E-state index in [0.29, 0.717) is 6.42 Å². The van der Waals surface area contributed by atoms with Crippen molar-refractivity contribution in [1.29, 1.82) is 0 Å². The molecule has 1 N–H and O–H groups in total. The maximum Gasteiger partial charge on any atom is 0.226 e. The van der Waals surface area contributed by atoms with E-state index in [9.17, 15) is 9.59 Å². The second-order valence-electron chi connectivity index (χ2n) is 5.52. The van der Waals surface area contributed by atoms with Gasteiger partial charge in [0.2, 0.25) is 11.8 Å². The summed E-state index contributed by atoms with van der Waals surface area (Å²) in [6.45, 7) is 5.04. The first-order valence-corrected chi connectivity index (χ1v) is 7.15. The largest absolute Gasteiger partial charge is 0.353 e. The monoisotopic (exact) mass is 274 g/mol. The highest BCUT2D eigenvalue weighted by atomic mass is 16.2. The number of carbonyl (C=O) groups excluding carboxylic acids is 2. The smallest absolute Gasteiger partial charge is 0.226 e. The lowest BCUT2D eigenvalue weighted by Gasteiger charge is -2.32. The van der Waals surface area contributed by atoms with E-state index in [1.54, 1.807) is 0 Å². The van der Waals surface area contributed by atoms with Crippen molar-refractivity contribution in [3.05, 3.63) is 35.4 Å². The lowest BCUT2D eigenvalue weighted by atomic mass is 10.0. The molecule has 0 aliphatic carbocycles. The number of hydrogen-bond donors (Lipinski definition) is 1. The molecule has 0 bridgehead atoms. The zero-order valence-electron chi connectivity index (χ0n) is 12.2. The Morgan fingerprint density at radius 2 is 1.80 bits per heavy atom. The van der Waals surface area contributed by atoms with Crippen LogP contribution in [0.25, 0.3) is 0 Å². The molecule has 2 rings (SSSR count). The van der Waals surface area contributed by atoms with Gasteiger partial charge in [0.1, 0.15) is 0 Å². The van der Waals surface area contributed by atoms with E-state index in [1.165, 1.54) is 12.5 Å². The topological polar surface area (TPSA) is 49.4 Å². The third-order valence-electron chi connectivity index (χ3n) is 3.73. The van der Waals surface area contributed by atoms with Gasteiger partial charge >= 0.3 is 0 Å². The van der Waals surface area contributed by atoms with Gasteiger partial charge in [-0.15, -0.1) is 0 Å². The van der Waals surface area contributed by atoms with Gasteiger partial charge in [-0.2, -0.15) is 0 Å². The van der Waals surface area contributed by atoms with Gasteiger partial charge < -0.3 is 10.2 Å². The van der Waals surface area contributed by atoms with Crippen molar-refractivity contribution in [3.63, 3.8) is 0 Å². The van der Waals surface area contributed by atoms with Crippen molar-refractivity contribution in [2.24, 2.45) is 0 Å². The van der Waals surface area contributed by atoms with Crippen LogP contribution in [0.2, 0.25) is 0 Å². The number of nitrogens with zero attached hydrogens (tertiary/aromatic N) is 1. The Morgan fingerprint density at radius 1 is 1.20 bits per heavy atom. The lowest BCUT2D eigenvalue weighted by Crippen LogP contribution is -2.46. The predicted octanol–water partition coefficient (Wildman–Crippen LogP) is 1.66. The number of aryl methyl sites for hydroxylation is 1. The van der Waals surface area contributed by atoms with Crippen LogP contribution in [-0.4, -0.2) is 35.8 Å². The summed E-state index contributed by atoms with van der Waals surface area (Å²) in [5.74, 6) is 0.185. The molecule has 1 aliphatic heterocycles. The summed E-state index contributed by atoms with van der Waals surface area (Å²) in [6, 6.07) is 8.31. The van der Waals surface area contributed by atoms with Crippen molar-refractivity contribution in [2.45, 2.75) is 39.2 Å². The second-order valence-corrected chi connectivity index (χ2v) is 5.52. The SMILES string of the molecule is CC(=O)NC1CCN(C(=O)Cc2ccc(C)cc2)CC1. The van der Waals surface area contributed by atoms with Crippen LogP contribution in [0.5, 0.6) is 0 Å². The molecule has 0 unspecified atom stereocenters. The quantitative estimate of drug-likeness (QED) is 0.911. The van der Waals surface area contributed by atoms with E-state index < -0.39 is 0 Å². The summed E-state index contributed by atoms with van der Waals surface area (Å²) in [7, 11) is 0. The lowest BCUT2D eigenvalue weighted by molar-refractivity contribution is -0.131. The molecule has 0 aromatic heterocycles.